The minimum absolute atomic E-state index is 0.384. The van der Waals surface area contributed by atoms with Crippen molar-refractivity contribution in [2.45, 2.75) is 0 Å². The van der Waals surface area contributed by atoms with Crippen LogP contribution in [0.4, 0.5) is 4.39 Å². The molecule has 2 rings (SSSR count). The van der Waals surface area contributed by atoms with Gasteiger partial charge in [-0.1, -0.05) is 18.2 Å². The van der Waals surface area contributed by atoms with Gasteiger partial charge in [0.05, 0.1) is 0 Å². The Hall–Kier alpha value is -1.83. The number of rotatable bonds is 2. The second-order valence-corrected chi connectivity index (χ2v) is 2.79. The van der Waals surface area contributed by atoms with Crippen molar-refractivity contribution in [2.24, 2.45) is 0 Å². The summed E-state index contributed by atoms with van der Waals surface area (Å²) in [6, 6.07) is 16.1. The molecule has 0 saturated carbocycles. The second kappa shape index (κ2) is 3.92. The van der Waals surface area contributed by atoms with Crippen LogP contribution in [0.15, 0.2) is 48.5 Å². The van der Waals surface area contributed by atoms with Gasteiger partial charge in [-0.15, -0.1) is 0 Å². The number of ether oxygens (including phenoxy) is 1. The van der Waals surface area contributed by atoms with Crippen LogP contribution in [-0.2, 0) is 0 Å². The molecule has 0 unspecified atom stereocenters. The minimum Gasteiger partial charge on any atom is -0.457 e. The molecular weight excluding hydrogens is 179 g/mol. The summed E-state index contributed by atoms with van der Waals surface area (Å²) in [5.41, 5.74) is 0. The van der Waals surface area contributed by atoms with E-state index >= 15 is 0 Å². The third kappa shape index (κ3) is 2.10. The summed E-state index contributed by atoms with van der Waals surface area (Å²) in [7, 11) is 0. The lowest BCUT2D eigenvalue weighted by Gasteiger charge is -2.03. The predicted molar refractivity (Wildman–Crippen MR) is 51.8 cm³/mol. The summed E-state index contributed by atoms with van der Waals surface area (Å²) >= 11 is 0. The van der Waals surface area contributed by atoms with E-state index < -0.39 is 0 Å². The zero-order valence-corrected chi connectivity index (χ0v) is 7.41. The molecule has 2 aromatic carbocycles. The zero-order chi connectivity index (χ0) is 9.80. The number of benzene rings is 2. The van der Waals surface area contributed by atoms with E-state index in [0.717, 1.165) is 5.75 Å². The quantitative estimate of drug-likeness (QED) is 0.700. The monoisotopic (exact) mass is 187 g/mol. The van der Waals surface area contributed by atoms with Gasteiger partial charge in [0.15, 0.2) is 0 Å². The van der Waals surface area contributed by atoms with Gasteiger partial charge in [0.1, 0.15) is 17.3 Å². The van der Waals surface area contributed by atoms with E-state index in [0.29, 0.717) is 5.75 Å². The van der Waals surface area contributed by atoms with E-state index in [4.69, 9.17) is 4.74 Å². The van der Waals surface area contributed by atoms with Crippen molar-refractivity contribution < 1.29 is 9.13 Å². The molecule has 0 spiro atoms. The SMILES string of the molecule is Fc1[c]cc(Oc2ccccc2)cc1. The number of halogens is 1. The lowest BCUT2D eigenvalue weighted by atomic mass is 10.3. The minimum atomic E-state index is -0.384. The molecule has 0 aromatic heterocycles. The molecular formula is C12H8FO. The molecule has 2 aromatic rings. The summed E-state index contributed by atoms with van der Waals surface area (Å²) in [6.45, 7) is 0. The molecule has 0 aliphatic heterocycles. The molecule has 14 heavy (non-hydrogen) atoms. The number of para-hydroxylation sites is 1. The van der Waals surface area contributed by atoms with Crippen LogP contribution in [0.2, 0.25) is 0 Å². The van der Waals surface area contributed by atoms with Gasteiger partial charge in [0.25, 0.3) is 0 Å². The van der Waals surface area contributed by atoms with Gasteiger partial charge in [-0.25, -0.2) is 4.39 Å². The van der Waals surface area contributed by atoms with E-state index in [2.05, 4.69) is 6.07 Å². The first-order valence-corrected chi connectivity index (χ1v) is 4.25. The molecule has 0 atom stereocenters. The first-order valence-electron chi connectivity index (χ1n) is 4.25. The maximum atomic E-state index is 12.5. The molecule has 0 bridgehead atoms. The fraction of sp³-hybridized carbons (Fsp3) is 0. The third-order valence-corrected chi connectivity index (χ3v) is 1.73. The Kier molecular flexibility index (Phi) is 2.45. The van der Waals surface area contributed by atoms with Crippen LogP contribution in [0.5, 0.6) is 11.5 Å². The van der Waals surface area contributed by atoms with Crippen molar-refractivity contribution in [3.05, 3.63) is 60.4 Å². The molecule has 0 heterocycles. The topological polar surface area (TPSA) is 9.23 Å². The van der Waals surface area contributed by atoms with Crippen molar-refractivity contribution in [3.63, 3.8) is 0 Å². The van der Waals surface area contributed by atoms with Gasteiger partial charge in [-0.2, -0.15) is 0 Å². The molecule has 1 radical (unpaired) electrons. The van der Waals surface area contributed by atoms with Gasteiger partial charge >= 0.3 is 0 Å². The standard InChI is InChI=1S/C12H8FO/c13-10-6-8-12(9-7-10)14-11-4-2-1-3-5-11/h1-6,8-9H. The fourth-order valence-electron chi connectivity index (χ4n) is 1.08. The van der Waals surface area contributed by atoms with E-state index in [1.807, 2.05) is 30.3 Å². The number of hydrogen-bond acceptors (Lipinski definition) is 1. The molecule has 0 saturated heterocycles. The van der Waals surface area contributed by atoms with Crippen LogP contribution in [0.1, 0.15) is 0 Å². The van der Waals surface area contributed by atoms with E-state index in [1.54, 1.807) is 6.07 Å². The summed E-state index contributed by atoms with van der Waals surface area (Å²) in [4.78, 5) is 0. The van der Waals surface area contributed by atoms with Gasteiger partial charge in [0, 0.05) is 6.07 Å². The van der Waals surface area contributed by atoms with Crippen LogP contribution in [-0.4, -0.2) is 0 Å². The Balaban J connectivity index is 2.16. The largest absolute Gasteiger partial charge is 0.457 e. The number of hydrogen-bond donors (Lipinski definition) is 0. The Bertz CT molecular complexity index is 394. The highest BCUT2D eigenvalue weighted by molar-refractivity contribution is 5.30. The van der Waals surface area contributed by atoms with Crippen LogP contribution >= 0.6 is 0 Å². The lowest BCUT2D eigenvalue weighted by Crippen LogP contribution is -1.83. The van der Waals surface area contributed by atoms with Crippen LogP contribution < -0.4 is 4.74 Å². The molecule has 0 aliphatic carbocycles. The highest BCUT2D eigenvalue weighted by Crippen LogP contribution is 2.20. The Morgan fingerprint density at radius 2 is 1.71 bits per heavy atom. The fourth-order valence-corrected chi connectivity index (χ4v) is 1.08. The molecule has 69 valence electrons. The molecule has 0 aliphatic rings. The molecule has 1 nitrogen and oxygen atoms in total. The average Bonchev–Trinajstić information content (AvgIpc) is 2.23. The van der Waals surface area contributed by atoms with Crippen LogP contribution in [0, 0.1) is 11.9 Å². The van der Waals surface area contributed by atoms with Crippen LogP contribution in [0.3, 0.4) is 0 Å². The highest BCUT2D eigenvalue weighted by atomic mass is 19.1. The summed E-state index contributed by atoms with van der Waals surface area (Å²) in [6.07, 6.45) is 0. The average molecular weight is 187 g/mol. The van der Waals surface area contributed by atoms with E-state index in [-0.39, 0.29) is 5.82 Å². The first kappa shape index (κ1) is 8.75. The van der Waals surface area contributed by atoms with Gasteiger partial charge < -0.3 is 4.74 Å². The molecule has 0 N–H and O–H groups in total. The second-order valence-electron chi connectivity index (χ2n) is 2.79. The Morgan fingerprint density at radius 1 is 0.929 bits per heavy atom. The lowest BCUT2D eigenvalue weighted by molar-refractivity contribution is 0.480. The van der Waals surface area contributed by atoms with Crippen LogP contribution in [0.25, 0.3) is 0 Å². The maximum Gasteiger partial charge on any atom is 0.131 e. The first-order chi connectivity index (χ1) is 6.84. The molecule has 2 heteroatoms. The van der Waals surface area contributed by atoms with E-state index in [9.17, 15) is 4.39 Å². The van der Waals surface area contributed by atoms with Gasteiger partial charge in [-0.3, -0.25) is 0 Å². The smallest absolute Gasteiger partial charge is 0.131 e. The Morgan fingerprint density at radius 3 is 2.36 bits per heavy atom. The molecule has 0 amide bonds. The van der Waals surface area contributed by atoms with Crippen molar-refractivity contribution in [1.29, 1.82) is 0 Å². The summed E-state index contributed by atoms with van der Waals surface area (Å²) in [5, 5.41) is 0. The zero-order valence-electron chi connectivity index (χ0n) is 7.41. The third-order valence-electron chi connectivity index (χ3n) is 1.73. The molecule has 0 fully saturated rings. The van der Waals surface area contributed by atoms with Gasteiger partial charge in [0.2, 0.25) is 0 Å². The highest BCUT2D eigenvalue weighted by Gasteiger charge is 1.96. The predicted octanol–water partition coefficient (Wildman–Crippen LogP) is 3.42. The van der Waals surface area contributed by atoms with Crippen molar-refractivity contribution in [2.75, 3.05) is 0 Å². The normalized spacial score (nSPS) is 9.79. The van der Waals surface area contributed by atoms with Crippen molar-refractivity contribution in [1.82, 2.24) is 0 Å². The summed E-state index contributed by atoms with van der Waals surface area (Å²) in [5.74, 6) is 0.926. The van der Waals surface area contributed by atoms with Crippen molar-refractivity contribution in [3.8, 4) is 11.5 Å². The van der Waals surface area contributed by atoms with Crippen molar-refractivity contribution >= 4 is 0 Å². The van der Waals surface area contributed by atoms with E-state index in [1.165, 1.54) is 12.1 Å². The van der Waals surface area contributed by atoms with Gasteiger partial charge in [-0.05, 0) is 30.3 Å². The maximum absolute atomic E-state index is 12.5. The summed E-state index contributed by atoms with van der Waals surface area (Å²) < 4.78 is 17.9. The Labute approximate surface area is 81.8 Å².